The van der Waals surface area contributed by atoms with E-state index in [0.29, 0.717) is 21.9 Å². The van der Waals surface area contributed by atoms with Crippen LogP contribution in [0, 0.1) is 0 Å². The summed E-state index contributed by atoms with van der Waals surface area (Å²) in [6.45, 7) is 0. The van der Waals surface area contributed by atoms with E-state index in [9.17, 15) is 0 Å². The second-order valence-electron chi connectivity index (χ2n) is 3.77. The van der Waals surface area contributed by atoms with E-state index in [1.54, 1.807) is 17.5 Å². The lowest BCUT2D eigenvalue weighted by atomic mass is 10.3. The number of aromatic nitrogens is 3. The smallest absolute Gasteiger partial charge is 0.191 e. The maximum atomic E-state index is 6.01. The molecule has 0 spiro atoms. The van der Waals surface area contributed by atoms with Crippen LogP contribution >= 0.6 is 34.7 Å². The zero-order valence-electron chi connectivity index (χ0n) is 9.71. The first-order valence-electron chi connectivity index (χ1n) is 5.47. The lowest BCUT2D eigenvalue weighted by Crippen LogP contribution is -1.95. The van der Waals surface area contributed by atoms with Gasteiger partial charge < -0.3 is 5.73 Å². The molecule has 0 radical (unpaired) electrons. The number of hydrogen-bond donors (Lipinski definition) is 1. The summed E-state index contributed by atoms with van der Waals surface area (Å²) in [4.78, 5) is 13.7. The third-order valence-electron chi connectivity index (χ3n) is 2.53. The molecule has 4 nitrogen and oxygen atoms in total. The number of nitrogens with two attached hydrogens (primary N) is 1. The molecule has 3 rings (SSSR count). The van der Waals surface area contributed by atoms with Gasteiger partial charge in [0.15, 0.2) is 5.16 Å². The average molecular weight is 309 g/mol. The Kier molecular flexibility index (Phi) is 3.54. The van der Waals surface area contributed by atoms with Crippen LogP contribution in [-0.4, -0.2) is 15.0 Å². The Labute approximate surface area is 123 Å². The first-order valence-corrected chi connectivity index (χ1v) is 7.71. The minimum absolute atomic E-state index is 0.514. The summed E-state index contributed by atoms with van der Waals surface area (Å²) in [5.41, 5.74) is 6.86. The molecular weight excluding hydrogens is 300 g/mol. The van der Waals surface area contributed by atoms with Crippen molar-refractivity contribution < 1.29 is 0 Å². The Hall–Kier alpha value is -1.37. The van der Waals surface area contributed by atoms with Crippen LogP contribution in [0.25, 0.3) is 10.2 Å². The number of nitrogens with zero attached hydrogens (tertiary/aromatic N) is 3. The molecule has 0 bridgehead atoms. The number of nitrogen functional groups attached to an aromatic ring is 1. The van der Waals surface area contributed by atoms with Gasteiger partial charge >= 0.3 is 0 Å². The normalized spacial score (nSPS) is 11.0. The van der Waals surface area contributed by atoms with Crippen LogP contribution in [0.2, 0.25) is 5.15 Å². The Bertz CT molecular complexity index is 729. The summed E-state index contributed by atoms with van der Waals surface area (Å²) in [6, 6.07) is 5.73. The van der Waals surface area contributed by atoms with Crippen molar-refractivity contribution in [1.29, 1.82) is 0 Å². The van der Waals surface area contributed by atoms with Crippen LogP contribution in [0.5, 0.6) is 0 Å². The third kappa shape index (κ3) is 2.65. The monoisotopic (exact) mass is 308 g/mol. The molecule has 96 valence electrons. The Morgan fingerprint density at radius 3 is 3.05 bits per heavy atom. The molecule has 2 N–H and O–H groups in total. The molecule has 0 unspecified atom stereocenters. The van der Waals surface area contributed by atoms with Gasteiger partial charge in [-0.1, -0.05) is 29.4 Å². The summed E-state index contributed by atoms with van der Waals surface area (Å²) in [6.07, 6.45) is 1.67. The molecule has 0 amide bonds. The van der Waals surface area contributed by atoms with Crippen molar-refractivity contribution in [2.75, 3.05) is 5.73 Å². The highest BCUT2D eigenvalue weighted by molar-refractivity contribution is 7.98. The minimum atomic E-state index is 0.514. The van der Waals surface area contributed by atoms with Gasteiger partial charge in [-0.2, -0.15) is 0 Å². The van der Waals surface area contributed by atoms with E-state index in [4.69, 9.17) is 17.3 Å². The van der Waals surface area contributed by atoms with Crippen molar-refractivity contribution in [2.45, 2.75) is 10.9 Å². The lowest BCUT2D eigenvalue weighted by Gasteiger charge is -2.03. The number of rotatable bonds is 3. The number of hydrogen-bond acceptors (Lipinski definition) is 6. The highest BCUT2D eigenvalue weighted by Crippen LogP contribution is 2.28. The number of anilines is 1. The van der Waals surface area contributed by atoms with Gasteiger partial charge in [0.1, 0.15) is 15.8 Å². The molecule has 0 aliphatic heterocycles. The summed E-state index contributed by atoms with van der Waals surface area (Å²) >= 11 is 9.07. The molecular formula is C12H9ClN4S2. The predicted molar refractivity (Wildman–Crippen MR) is 80.6 cm³/mol. The van der Waals surface area contributed by atoms with Crippen LogP contribution < -0.4 is 5.73 Å². The van der Waals surface area contributed by atoms with Gasteiger partial charge in [-0.25, -0.2) is 15.0 Å². The van der Waals surface area contributed by atoms with Crippen LogP contribution in [-0.2, 0) is 5.75 Å². The van der Waals surface area contributed by atoms with Crippen LogP contribution in [0.4, 0.5) is 5.82 Å². The largest absolute Gasteiger partial charge is 0.383 e. The SMILES string of the molecule is Nc1nc(SCc2cccnc2Cl)nc2sccc12. The van der Waals surface area contributed by atoms with Crippen molar-refractivity contribution in [1.82, 2.24) is 15.0 Å². The summed E-state index contributed by atoms with van der Waals surface area (Å²) in [5, 5.41) is 4.04. The fraction of sp³-hybridized carbons (Fsp3) is 0.0833. The highest BCUT2D eigenvalue weighted by atomic mass is 35.5. The van der Waals surface area contributed by atoms with E-state index < -0.39 is 0 Å². The van der Waals surface area contributed by atoms with Crippen molar-refractivity contribution >= 4 is 50.7 Å². The fourth-order valence-electron chi connectivity index (χ4n) is 1.59. The van der Waals surface area contributed by atoms with Gasteiger partial charge in [0, 0.05) is 11.9 Å². The second kappa shape index (κ2) is 5.32. The minimum Gasteiger partial charge on any atom is -0.383 e. The number of pyridine rings is 1. The molecule has 3 aromatic heterocycles. The Morgan fingerprint density at radius 2 is 2.21 bits per heavy atom. The van der Waals surface area contributed by atoms with Gasteiger partial charge in [0.2, 0.25) is 0 Å². The van der Waals surface area contributed by atoms with E-state index >= 15 is 0 Å². The van der Waals surface area contributed by atoms with E-state index in [-0.39, 0.29) is 0 Å². The van der Waals surface area contributed by atoms with Gasteiger partial charge in [-0.3, -0.25) is 0 Å². The molecule has 0 aromatic carbocycles. The van der Waals surface area contributed by atoms with E-state index in [1.165, 1.54) is 11.8 Å². The van der Waals surface area contributed by atoms with Crippen LogP contribution in [0.1, 0.15) is 5.56 Å². The molecule has 0 saturated heterocycles. The maximum Gasteiger partial charge on any atom is 0.191 e. The first kappa shape index (κ1) is 12.7. The van der Waals surface area contributed by atoms with E-state index in [2.05, 4.69) is 15.0 Å². The summed E-state index contributed by atoms with van der Waals surface area (Å²) in [5.74, 6) is 1.19. The molecule has 0 aliphatic rings. The Morgan fingerprint density at radius 1 is 1.32 bits per heavy atom. The van der Waals surface area contributed by atoms with Crippen LogP contribution in [0.15, 0.2) is 34.9 Å². The lowest BCUT2D eigenvalue weighted by molar-refractivity contribution is 1.02. The molecule has 0 fully saturated rings. The number of thioether (sulfide) groups is 1. The second-order valence-corrected chi connectivity index (χ2v) is 5.97. The summed E-state index contributed by atoms with van der Waals surface area (Å²) in [7, 11) is 0. The van der Waals surface area contributed by atoms with Crippen LogP contribution in [0.3, 0.4) is 0 Å². The van der Waals surface area contributed by atoms with E-state index in [0.717, 1.165) is 15.8 Å². The zero-order valence-corrected chi connectivity index (χ0v) is 12.1. The van der Waals surface area contributed by atoms with Crippen molar-refractivity contribution in [3.05, 3.63) is 40.5 Å². The number of fused-ring (bicyclic) bond motifs is 1. The van der Waals surface area contributed by atoms with Gasteiger partial charge in [0.05, 0.1) is 5.39 Å². The zero-order chi connectivity index (χ0) is 13.2. The molecule has 19 heavy (non-hydrogen) atoms. The highest BCUT2D eigenvalue weighted by Gasteiger charge is 2.08. The molecule has 0 aliphatic carbocycles. The molecule has 3 heterocycles. The Balaban J connectivity index is 1.84. The van der Waals surface area contributed by atoms with Crippen molar-refractivity contribution in [3.8, 4) is 0 Å². The molecule has 3 aromatic rings. The average Bonchev–Trinajstić information content (AvgIpc) is 2.87. The molecule has 0 atom stereocenters. The maximum absolute atomic E-state index is 6.01. The summed E-state index contributed by atoms with van der Waals surface area (Å²) < 4.78 is 0. The molecule has 0 saturated carbocycles. The van der Waals surface area contributed by atoms with Crippen molar-refractivity contribution in [2.24, 2.45) is 0 Å². The van der Waals surface area contributed by atoms with E-state index in [1.807, 2.05) is 23.6 Å². The van der Waals surface area contributed by atoms with Gasteiger partial charge in [-0.15, -0.1) is 11.3 Å². The topological polar surface area (TPSA) is 64.7 Å². The van der Waals surface area contributed by atoms with Crippen molar-refractivity contribution in [3.63, 3.8) is 0 Å². The number of halogens is 1. The fourth-order valence-corrected chi connectivity index (χ4v) is 3.52. The predicted octanol–water partition coefficient (Wildman–Crippen LogP) is 3.61. The number of thiophene rings is 1. The third-order valence-corrected chi connectivity index (χ3v) is 4.57. The first-order chi connectivity index (χ1) is 9.24. The molecule has 7 heteroatoms. The van der Waals surface area contributed by atoms with Gasteiger partial charge in [0.25, 0.3) is 0 Å². The quantitative estimate of drug-likeness (QED) is 0.455. The standard InChI is InChI=1S/C12H9ClN4S2/c13-9-7(2-1-4-15-9)6-19-12-16-10(14)8-3-5-18-11(8)17-12/h1-5H,6H2,(H2,14,16,17). The van der Waals surface area contributed by atoms with Gasteiger partial charge in [-0.05, 0) is 23.1 Å².